The molecule has 1 unspecified atom stereocenters. The Morgan fingerprint density at radius 3 is 2.50 bits per heavy atom. The van der Waals surface area contributed by atoms with E-state index in [-0.39, 0.29) is 43.5 Å². The predicted molar refractivity (Wildman–Crippen MR) is 227 cm³/mol. The minimum absolute atomic E-state index is 0.0320. The van der Waals surface area contributed by atoms with Crippen LogP contribution in [0.2, 0.25) is 5.02 Å². The number of ether oxygens (including phenoxy) is 4. The molecule has 328 valence electrons. The molecule has 0 radical (unpaired) electrons. The van der Waals surface area contributed by atoms with E-state index < -0.39 is 78.0 Å². The zero-order chi connectivity index (χ0) is 43.6. The molecule has 3 N–H and O–H groups in total. The molecule has 3 fully saturated rings. The van der Waals surface area contributed by atoms with Crippen LogP contribution in [0.4, 0.5) is 13.6 Å². The van der Waals surface area contributed by atoms with Crippen molar-refractivity contribution in [1.82, 2.24) is 20.5 Å². The van der Waals surface area contributed by atoms with E-state index in [2.05, 4.69) is 10.6 Å². The molecule has 3 amide bonds. The Balaban J connectivity index is 1.15. The molecule has 0 spiro atoms. The van der Waals surface area contributed by atoms with Crippen molar-refractivity contribution >= 4 is 47.8 Å². The lowest BCUT2D eigenvalue weighted by Gasteiger charge is -2.31. The second kappa shape index (κ2) is 18.2. The van der Waals surface area contributed by atoms with E-state index >= 15 is 0 Å². The van der Waals surface area contributed by atoms with Gasteiger partial charge in [-0.05, 0) is 81.7 Å². The third kappa shape index (κ3) is 8.98. The van der Waals surface area contributed by atoms with Gasteiger partial charge in [-0.3, -0.25) is 14.2 Å². The fraction of sp³-hybridized carbons (Fsp3) is 0.422. The van der Waals surface area contributed by atoms with E-state index in [1.807, 2.05) is 30.3 Å². The average molecular weight is 893 g/mol. The fourth-order valence-corrected chi connectivity index (χ4v) is 11.5. The normalized spacial score (nSPS) is 25.9. The molecule has 2 saturated carbocycles. The highest BCUT2D eigenvalue weighted by atomic mass is 35.5. The molecule has 13 nitrogen and oxygen atoms in total. The third-order valence-corrected chi connectivity index (χ3v) is 15.2. The fourth-order valence-electron chi connectivity index (χ4n) is 8.79. The van der Waals surface area contributed by atoms with E-state index in [4.69, 9.17) is 35.5 Å². The lowest BCUT2D eigenvalue weighted by atomic mass is 10.1. The van der Waals surface area contributed by atoms with Crippen molar-refractivity contribution in [3.8, 4) is 22.8 Å². The quantitative estimate of drug-likeness (QED) is 0.139. The number of carbonyl (C=O) groups is 3. The van der Waals surface area contributed by atoms with Gasteiger partial charge in [0.05, 0.1) is 43.9 Å². The largest absolute Gasteiger partial charge is 0.502 e. The number of benzene rings is 3. The molecule has 0 bridgehead atoms. The standard InChI is InChI=1S/C45H48ClF2N4O9P/c1-58-38-18-17-31-39(23-36(49-41(31)40(38)46)27-10-3-2-4-11-27)60-30-22-37-42(53)51-45(62(56,57)26-32-33(47)14-9-15-34(32)48)24-28(45)19-21-59-20-8-7-16-35(43(54)52(37)25-30)50-44(55)61-29-12-5-6-13-29/h2-4,9-11,14-15,17-19,21,23,28-30,35,37H,5-8,12-13,16,20,22,24-26H2,1H3,(H,50,55)(H,51,53)(H,56,57)/b21-19-/t28-,30-,35+,37+,45+/m1/s1. The maximum atomic E-state index is 14.9. The molecular weight excluding hydrogens is 845 g/mol. The van der Waals surface area contributed by atoms with Crippen LogP contribution in [0.15, 0.2) is 79.1 Å². The maximum Gasteiger partial charge on any atom is 0.408 e. The number of fused-ring (bicyclic) bond motifs is 3. The molecule has 4 aromatic rings. The minimum atomic E-state index is -4.65. The number of amides is 3. The van der Waals surface area contributed by atoms with Gasteiger partial charge in [-0.2, -0.15) is 0 Å². The Kier molecular flexibility index (Phi) is 12.8. The topological polar surface area (TPSA) is 166 Å². The molecule has 4 aliphatic rings. The number of methoxy groups -OCH3 is 1. The second-order valence-electron chi connectivity index (χ2n) is 16.3. The summed E-state index contributed by atoms with van der Waals surface area (Å²) in [6, 6.07) is 15.4. The molecule has 1 saturated heterocycles. The SMILES string of the molecule is COc1ccc2c(O[C@@H]3C[C@H]4C(=O)N[C@]5(P(=O)(O)Cc6c(F)cccc6F)C[C@H]5/C=C\OCCCC[C@H](NC(=O)OC5CCCC5)C(=O)N4C3)cc(-c3ccccc3)nc2c1Cl. The Hall–Kier alpha value is -5.24. The van der Waals surface area contributed by atoms with Gasteiger partial charge in [0.1, 0.15) is 57.7 Å². The minimum Gasteiger partial charge on any atom is -0.502 e. The zero-order valence-corrected chi connectivity index (χ0v) is 35.7. The first-order chi connectivity index (χ1) is 29.9. The Labute approximate surface area is 362 Å². The monoisotopic (exact) mass is 892 g/mol. The number of carbonyl (C=O) groups excluding carboxylic acids is 3. The van der Waals surface area contributed by atoms with Crippen LogP contribution < -0.4 is 20.1 Å². The van der Waals surface area contributed by atoms with Gasteiger partial charge in [0.15, 0.2) is 0 Å². The highest BCUT2D eigenvalue weighted by Crippen LogP contribution is 2.71. The zero-order valence-electron chi connectivity index (χ0n) is 34.1. The number of hydrogen-bond acceptors (Lipinski definition) is 9. The van der Waals surface area contributed by atoms with Gasteiger partial charge in [0.25, 0.3) is 0 Å². The third-order valence-electron chi connectivity index (χ3n) is 12.2. The summed E-state index contributed by atoms with van der Waals surface area (Å²) in [5, 5.41) is 4.52. The lowest BCUT2D eigenvalue weighted by Crippen LogP contribution is -2.55. The molecule has 2 aliphatic heterocycles. The number of hydrogen-bond donors (Lipinski definition) is 3. The van der Waals surface area contributed by atoms with E-state index in [0.717, 1.165) is 49.4 Å². The predicted octanol–water partition coefficient (Wildman–Crippen LogP) is 8.24. The summed E-state index contributed by atoms with van der Waals surface area (Å²) in [4.78, 5) is 60.7. The Bertz CT molecular complexity index is 2400. The van der Waals surface area contributed by atoms with Crippen molar-refractivity contribution in [3.63, 3.8) is 0 Å². The number of nitrogens with zero attached hydrogens (tertiary/aromatic N) is 2. The van der Waals surface area contributed by atoms with E-state index in [0.29, 0.717) is 40.9 Å². The van der Waals surface area contributed by atoms with Gasteiger partial charge < -0.3 is 39.4 Å². The first-order valence-electron chi connectivity index (χ1n) is 20.9. The van der Waals surface area contributed by atoms with Gasteiger partial charge >= 0.3 is 6.09 Å². The van der Waals surface area contributed by atoms with Crippen molar-refractivity contribution in [3.05, 3.63) is 101 Å². The van der Waals surface area contributed by atoms with Crippen LogP contribution in [-0.4, -0.2) is 82.5 Å². The number of rotatable bonds is 9. The van der Waals surface area contributed by atoms with Gasteiger partial charge in [-0.15, -0.1) is 0 Å². The first kappa shape index (κ1) is 43.4. The Morgan fingerprint density at radius 1 is 1.02 bits per heavy atom. The molecule has 3 aromatic carbocycles. The number of nitrogens with one attached hydrogen (secondary N) is 2. The van der Waals surface area contributed by atoms with Crippen LogP contribution in [0, 0.1) is 17.6 Å². The summed E-state index contributed by atoms with van der Waals surface area (Å²) in [5.41, 5.74) is 1.14. The first-order valence-corrected chi connectivity index (χ1v) is 23.1. The number of alkyl carbamates (subject to hydrolysis) is 1. The highest BCUT2D eigenvalue weighted by molar-refractivity contribution is 7.59. The van der Waals surface area contributed by atoms with E-state index in [9.17, 15) is 32.6 Å². The molecule has 62 heavy (non-hydrogen) atoms. The summed E-state index contributed by atoms with van der Waals surface area (Å²) >= 11 is 6.81. The summed E-state index contributed by atoms with van der Waals surface area (Å²) < 4.78 is 67.8. The summed E-state index contributed by atoms with van der Waals surface area (Å²) in [7, 11) is -3.16. The lowest BCUT2D eigenvalue weighted by molar-refractivity contribution is -0.140. The number of pyridine rings is 1. The van der Waals surface area contributed by atoms with Crippen LogP contribution in [0.1, 0.15) is 63.4 Å². The van der Waals surface area contributed by atoms with Crippen molar-refractivity contribution < 1.29 is 51.6 Å². The molecule has 17 heteroatoms. The molecule has 3 heterocycles. The second-order valence-corrected chi connectivity index (χ2v) is 19.2. The smallest absolute Gasteiger partial charge is 0.408 e. The van der Waals surface area contributed by atoms with Crippen LogP contribution in [-0.2, 0) is 29.8 Å². The molecular formula is C45H48ClF2N4O9P. The van der Waals surface area contributed by atoms with Crippen LogP contribution in [0.25, 0.3) is 22.2 Å². The van der Waals surface area contributed by atoms with E-state index in [1.165, 1.54) is 18.3 Å². The highest BCUT2D eigenvalue weighted by Gasteiger charge is 2.66. The van der Waals surface area contributed by atoms with Crippen LogP contribution in [0.3, 0.4) is 0 Å². The molecule has 8 rings (SSSR count). The average Bonchev–Trinajstić information content (AvgIpc) is 3.52. The van der Waals surface area contributed by atoms with Crippen molar-refractivity contribution in [2.75, 3.05) is 20.3 Å². The van der Waals surface area contributed by atoms with Gasteiger partial charge in [-0.25, -0.2) is 18.6 Å². The summed E-state index contributed by atoms with van der Waals surface area (Å²) in [6.45, 7) is 0.119. The Morgan fingerprint density at radius 2 is 1.76 bits per heavy atom. The van der Waals surface area contributed by atoms with Gasteiger partial charge in [-0.1, -0.05) is 48.0 Å². The molecule has 2 aliphatic carbocycles. The number of aromatic nitrogens is 1. The van der Waals surface area contributed by atoms with Crippen molar-refractivity contribution in [1.29, 1.82) is 0 Å². The summed E-state index contributed by atoms with van der Waals surface area (Å²) in [6.07, 6.45) is 4.58. The van der Waals surface area contributed by atoms with Gasteiger partial charge in [0.2, 0.25) is 19.2 Å². The maximum absolute atomic E-state index is 14.9. The summed E-state index contributed by atoms with van der Waals surface area (Å²) in [5.74, 6) is -3.31. The molecule has 6 atom stereocenters. The van der Waals surface area contributed by atoms with Crippen LogP contribution >= 0.6 is 19.0 Å². The van der Waals surface area contributed by atoms with Crippen molar-refractivity contribution in [2.24, 2.45) is 5.92 Å². The number of halogens is 3. The van der Waals surface area contributed by atoms with Crippen molar-refractivity contribution in [2.45, 2.75) is 93.5 Å². The van der Waals surface area contributed by atoms with Gasteiger partial charge in [0, 0.05) is 34.9 Å². The molecule has 1 aromatic heterocycles. The van der Waals surface area contributed by atoms with E-state index in [1.54, 1.807) is 24.3 Å². The van der Waals surface area contributed by atoms with Crippen LogP contribution in [0.5, 0.6) is 11.5 Å².